The van der Waals surface area contributed by atoms with Gasteiger partial charge in [-0.25, -0.2) is 0 Å². The molecular formula is C19H21NO2S. The second-order valence-corrected chi connectivity index (χ2v) is 7.89. The highest BCUT2D eigenvalue weighted by atomic mass is 32.2. The van der Waals surface area contributed by atoms with E-state index in [4.69, 9.17) is 0 Å². The third-order valence-electron chi connectivity index (χ3n) is 4.62. The molecule has 2 aromatic rings. The molecule has 1 aliphatic rings. The van der Waals surface area contributed by atoms with E-state index in [1.54, 1.807) is 0 Å². The van der Waals surface area contributed by atoms with Gasteiger partial charge in [-0.2, -0.15) is 0 Å². The maximum Gasteiger partial charge on any atom is 0.254 e. The summed E-state index contributed by atoms with van der Waals surface area (Å²) in [6, 6.07) is 17.9. The van der Waals surface area contributed by atoms with Crippen LogP contribution in [0, 0.1) is 0 Å². The van der Waals surface area contributed by atoms with E-state index in [2.05, 4.69) is 12.1 Å². The number of benzene rings is 2. The van der Waals surface area contributed by atoms with Gasteiger partial charge in [-0.3, -0.25) is 9.00 Å². The third kappa shape index (κ3) is 3.22. The van der Waals surface area contributed by atoms with Crippen molar-refractivity contribution in [2.24, 2.45) is 0 Å². The second kappa shape index (κ2) is 6.67. The summed E-state index contributed by atoms with van der Waals surface area (Å²) in [5, 5.41) is 0.0243. The van der Waals surface area contributed by atoms with Gasteiger partial charge in [-0.1, -0.05) is 42.5 Å². The van der Waals surface area contributed by atoms with Crippen LogP contribution in [0.25, 0.3) is 11.1 Å². The molecule has 0 aromatic heterocycles. The van der Waals surface area contributed by atoms with E-state index in [9.17, 15) is 9.00 Å². The fourth-order valence-electron chi connectivity index (χ4n) is 2.94. The average molecular weight is 327 g/mol. The molecule has 3 rings (SSSR count). The van der Waals surface area contributed by atoms with E-state index in [-0.39, 0.29) is 17.2 Å². The number of carbonyl (C=O) groups excluding carboxylic acids is 1. The number of hydrogen-bond donors (Lipinski definition) is 0. The Bertz CT molecular complexity index is 712. The van der Waals surface area contributed by atoms with Crippen LogP contribution in [0.3, 0.4) is 0 Å². The van der Waals surface area contributed by atoms with Crippen molar-refractivity contribution in [2.75, 3.05) is 12.3 Å². The lowest BCUT2D eigenvalue weighted by Gasteiger charge is -2.37. The van der Waals surface area contributed by atoms with Gasteiger partial charge in [-0.15, -0.1) is 0 Å². The normalized spacial score (nSPS) is 24.4. The molecule has 1 aliphatic heterocycles. The molecule has 1 heterocycles. The minimum Gasteiger partial charge on any atom is -0.334 e. The topological polar surface area (TPSA) is 37.4 Å². The highest BCUT2D eigenvalue weighted by Gasteiger charge is 2.33. The average Bonchev–Trinajstić information content (AvgIpc) is 2.60. The zero-order valence-electron chi connectivity index (χ0n) is 13.4. The Balaban J connectivity index is 1.79. The van der Waals surface area contributed by atoms with Crippen LogP contribution < -0.4 is 0 Å². The van der Waals surface area contributed by atoms with Crippen molar-refractivity contribution in [2.45, 2.75) is 25.1 Å². The molecule has 0 radical (unpaired) electrons. The largest absolute Gasteiger partial charge is 0.334 e. The van der Waals surface area contributed by atoms with Gasteiger partial charge in [0.1, 0.15) is 0 Å². The van der Waals surface area contributed by atoms with Crippen LogP contribution in [0.4, 0.5) is 0 Å². The molecule has 0 saturated carbocycles. The number of amides is 1. The zero-order chi connectivity index (χ0) is 16.4. The maximum absolute atomic E-state index is 12.7. The summed E-state index contributed by atoms with van der Waals surface area (Å²) < 4.78 is 11.9. The molecule has 0 bridgehead atoms. The summed E-state index contributed by atoms with van der Waals surface area (Å²) in [4.78, 5) is 14.6. The van der Waals surface area contributed by atoms with Crippen molar-refractivity contribution < 1.29 is 9.00 Å². The quantitative estimate of drug-likeness (QED) is 0.848. The molecule has 3 unspecified atom stereocenters. The Labute approximate surface area is 139 Å². The lowest BCUT2D eigenvalue weighted by Crippen LogP contribution is -2.52. The number of rotatable bonds is 2. The first-order valence-electron chi connectivity index (χ1n) is 7.91. The van der Waals surface area contributed by atoms with E-state index in [0.717, 1.165) is 11.1 Å². The summed E-state index contributed by atoms with van der Waals surface area (Å²) in [7, 11) is -0.831. The molecule has 3 nitrogen and oxygen atoms in total. The summed E-state index contributed by atoms with van der Waals surface area (Å²) in [5.41, 5.74) is 2.93. The molecule has 0 spiro atoms. The van der Waals surface area contributed by atoms with E-state index in [1.807, 2.05) is 61.2 Å². The smallest absolute Gasteiger partial charge is 0.254 e. The first-order valence-corrected chi connectivity index (χ1v) is 9.30. The third-order valence-corrected chi connectivity index (χ3v) is 6.43. The number of hydrogen-bond acceptors (Lipinski definition) is 2. The Morgan fingerprint density at radius 1 is 1.00 bits per heavy atom. The van der Waals surface area contributed by atoms with Gasteiger partial charge >= 0.3 is 0 Å². The maximum atomic E-state index is 12.7. The molecule has 0 aliphatic carbocycles. The van der Waals surface area contributed by atoms with Crippen molar-refractivity contribution in [1.82, 2.24) is 4.90 Å². The monoisotopic (exact) mass is 327 g/mol. The fourth-order valence-corrected chi connectivity index (χ4v) is 4.27. The zero-order valence-corrected chi connectivity index (χ0v) is 14.3. The van der Waals surface area contributed by atoms with Crippen molar-refractivity contribution >= 4 is 16.7 Å². The van der Waals surface area contributed by atoms with Gasteiger partial charge in [0.05, 0.1) is 5.25 Å². The van der Waals surface area contributed by atoms with Crippen LogP contribution in [0.15, 0.2) is 54.6 Å². The summed E-state index contributed by atoms with van der Waals surface area (Å²) in [6.45, 7) is 4.51. The van der Waals surface area contributed by atoms with Crippen LogP contribution in [-0.2, 0) is 10.8 Å². The highest BCUT2D eigenvalue weighted by Crippen LogP contribution is 2.22. The summed E-state index contributed by atoms with van der Waals surface area (Å²) in [6.07, 6.45) is 0. The minimum atomic E-state index is -0.831. The predicted molar refractivity (Wildman–Crippen MR) is 94.8 cm³/mol. The molecule has 1 fully saturated rings. The molecular weight excluding hydrogens is 306 g/mol. The Morgan fingerprint density at radius 3 is 2.26 bits per heavy atom. The van der Waals surface area contributed by atoms with Gasteiger partial charge in [-0.05, 0) is 37.1 Å². The Morgan fingerprint density at radius 2 is 1.61 bits per heavy atom. The molecule has 3 atom stereocenters. The Kier molecular flexibility index (Phi) is 4.62. The van der Waals surface area contributed by atoms with Gasteiger partial charge in [0, 0.05) is 34.7 Å². The standard InChI is InChI=1S/C19H21NO2S/c1-14-15(2)23(22)13-12-20(14)19(21)18-10-8-17(9-11-18)16-6-4-3-5-7-16/h3-11,14-15H,12-13H2,1-2H3. The molecule has 2 aromatic carbocycles. The molecule has 0 N–H and O–H groups in total. The van der Waals surface area contributed by atoms with E-state index < -0.39 is 10.8 Å². The lowest BCUT2D eigenvalue weighted by atomic mass is 10.0. The Hall–Kier alpha value is -1.94. The van der Waals surface area contributed by atoms with Crippen molar-refractivity contribution in [3.05, 3.63) is 60.2 Å². The SMILES string of the molecule is CC1C(C)S(=O)CCN1C(=O)c1ccc(-c2ccccc2)cc1. The second-order valence-electron chi connectivity index (χ2n) is 5.97. The minimum absolute atomic E-state index is 0.00545. The van der Waals surface area contributed by atoms with Crippen LogP contribution in [0.2, 0.25) is 0 Å². The predicted octanol–water partition coefficient (Wildman–Crippen LogP) is 3.34. The molecule has 23 heavy (non-hydrogen) atoms. The van der Waals surface area contributed by atoms with Gasteiger partial charge < -0.3 is 4.90 Å². The van der Waals surface area contributed by atoms with Gasteiger partial charge in [0.15, 0.2) is 0 Å². The van der Waals surface area contributed by atoms with Crippen LogP contribution >= 0.6 is 0 Å². The van der Waals surface area contributed by atoms with E-state index in [0.29, 0.717) is 17.9 Å². The summed E-state index contributed by atoms with van der Waals surface area (Å²) in [5.74, 6) is 0.597. The van der Waals surface area contributed by atoms with Crippen LogP contribution in [0.5, 0.6) is 0 Å². The van der Waals surface area contributed by atoms with E-state index in [1.165, 1.54) is 0 Å². The molecule has 1 saturated heterocycles. The fraction of sp³-hybridized carbons (Fsp3) is 0.316. The number of carbonyl (C=O) groups is 1. The molecule has 120 valence electrons. The van der Waals surface area contributed by atoms with Gasteiger partial charge in [0.2, 0.25) is 0 Å². The van der Waals surface area contributed by atoms with Gasteiger partial charge in [0.25, 0.3) is 5.91 Å². The molecule has 4 heteroatoms. The number of nitrogens with zero attached hydrogens (tertiary/aromatic N) is 1. The van der Waals surface area contributed by atoms with Crippen LogP contribution in [0.1, 0.15) is 24.2 Å². The van der Waals surface area contributed by atoms with E-state index >= 15 is 0 Å². The lowest BCUT2D eigenvalue weighted by molar-refractivity contribution is 0.0695. The first kappa shape index (κ1) is 15.9. The summed E-state index contributed by atoms with van der Waals surface area (Å²) >= 11 is 0. The van der Waals surface area contributed by atoms with Crippen molar-refractivity contribution in [3.63, 3.8) is 0 Å². The van der Waals surface area contributed by atoms with Crippen molar-refractivity contribution in [3.8, 4) is 11.1 Å². The first-order chi connectivity index (χ1) is 11.1. The highest BCUT2D eigenvalue weighted by molar-refractivity contribution is 7.85. The van der Waals surface area contributed by atoms with Crippen LogP contribution in [-0.4, -0.2) is 38.6 Å². The van der Waals surface area contributed by atoms with Crippen molar-refractivity contribution in [1.29, 1.82) is 0 Å². The molecule has 1 amide bonds.